The second-order valence-electron chi connectivity index (χ2n) is 5.52. The van der Waals surface area contributed by atoms with Crippen molar-refractivity contribution in [2.24, 2.45) is 0 Å². The van der Waals surface area contributed by atoms with Gasteiger partial charge < -0.3 is 4.74 Å². The van der Waals surface area contributed by atoms with Gasteiger partial charge in [-0.15, -0.1) is 0 Å². The fraction of sp³-hybridized carbons (Fsp3) is 0.667. The summed E-state index contributed by atoms with van der Waals surface area (Å²) in [6, 6.07) is 1.66. The van der Waals surface area contributed by atoms with E-state index >= 15 is 0 Å². The number of aromatic nitrogens is 2. The van der Waals surface area contributed by atoms with Gasteiger partial charge in [0.2, 0.25) is 10.0 Å². The van der Waals surface area contributed by atoms with Crippen LogP contribution in [0.4, 0.5) is 5.82 Å². The van der Waals surface area contributed by atoms with Crippen LogP contribution in [-0.4, -0.2) is 37.4 Å². The SMILES string of the molecule is COC(=O)CCCS(=O)(=O)Nc1cc(C(C)(C)C)[nH]n1. The number of nitrogens with zero attached hydrogens (tertiary/aromatic N) is 1. The molecule has 0 aliphatic carbocycles. The number of H-pyrrole nitrogens is 1. The number of ether oxygens (including phenoxy) is 1. The molecule has 0 unspecified atom stereocenters. The second kappa shape index (κ2) is 6.25. The van der Waals surface area contributed by atoms with Crippen molar-refractivity contribution in [3.63, 3.8) is 0 Å². The number of carbonyl (C=O) groups excluding carboxylic acids is 1. The first-order valence-electron chi connectivity index (χ1n) is 6.27. The predicted molar refractivity (Wildman–Crippen MR) is 75.9 cm³/mol. The fourth-order valence-corrected chi connectivity index (χ4v) is 2.53. The largest absolute Gasteiger partial charge is 0.469 e. The van der Waals surface area contributed by atoms with E-state index in [1.54, 1.807) is 6.07 Å². The molecule has 0 bridgehead atoms. The number of aromatic amines is 1. The van der Waals surface area contributed by atoms with Gasteiger partial charge in [0.25, 0.3) is 0 Å². The van der Waals surface area contributed by atoms with Gasteiger partial charge in [-0.25, -0.2) is 8.42 Å². The highest BCUT2D eigenvalue weighted by Gasteiger charge is 2.19. The number of sulfonamides is 1. The zero-order chi connectivity index (χ0) is 15.4. The number of hydrogen-bond donors (Lipinski definition) is 2. The predicted octanol–water partition coefficient (Wildman–Crippen LogP) is 1.40. The standard InChI is InChI=1S/C12H21N3O4S/c1-12(2,3)9-8-10(14-13-9)15-20(17,18)7-5-6-11(16)19-4/h8H,5-7H2,1-4H3,(H2,13,14,15). The summed E-state index contributed by atoms with van der Waals surface area (Å²) in [5.74, 6) is -0.317. The molecule has 0 fully saturated rings. The highest BCUT2D eigenvalue weighted by molar-refractivity contribution is 7.92. The normalized spacial score (nSPS) is 12.2. The third-order valence-electron chi connectivity index (χ3n) is 2.67. The monoisotopic (exact) mass is 303 g/mol. The summed E-state index contributed by atoms with van der Waals surface area (Å²) in [6.45, 7) is 5.99. The van der Waals surface area contributed by atoms with E-state index in [1.165, 1.54) is 7.11 Å². The van der Waals surface area contributed by atoms with Crippen LogP contribution in [0.5, 0.6) is 0 Å². The van der Waals surface area contributed by atoms with E-state index in [-0.39, 0.29) is 29.8 Å². The lowest BCUT2D eigenvalue weighted by Gasteiger charge is -2.14. The number of anilines is 1. The van der Waals surface area contributed by atoms with Crippen LogP contribution in [0, 0.1) is 0 Å². The lowest BCUT2D eigenvalue weighted by atomic mass is 9.92. The first kappa shape index (κ1) is 16.5. The lowest BCUT2D eigenvalue weighted by Crippen LogP contribution is -2.18. The molecule has 20 heavy (non-hydrogen) atoms. The van der Waals surface area contributed by atoms with Crippen LogP contribution in [0.15, 0.2) is 6.07 Å². The molecular weight excluding hydrogens is 282 g/mol. The van der Waals surface area contributed by atoms with Gasteiger partial charge in [0.05, 0.1) is 12.9 Å². The number of nitrogens with one attached hydrogen (secondary N) is 2. The molecule has 0 radical (unpaired) electrons. The zero-order valence-corrected chi connectivity index (χ0v) is 13.0. The van der Waals surface area contributed by atoms with Gasteiger partial charge in [-0.2, -0.15) is 5.10 Å². The van der Waals surface area contributed by atoms with E-state index in [2.05, 4.69) is 19.7 Å². The molecule has 1 aromatic rings. The summed E-state index contributed by atoms with van der Waals surface area (Å²) in [6.07, 6.45) is 0.282. The van der Waals surface area contributed by atoms with E-state index in [0.717, 1.165) is 5.69 Å². The maximum atomic E-state index is 11.8. The quantitative estimate of drug-likeness (QED) is 0.774. The Morgan fingerprint density at radius 2 is 2.10 bits per heavy atom. The number of esters is 1. The second-order valence-corrected chi connectivity index (χ2v) is 7.36. The van der Waals surface area contributed by atoms with Crippen LogP contribution < -0.4 is 4.72 Å². The Hall–Kier alpha value is -1.57. The van der Waals surface area contributed by atoms with Crippen LogP contribution in [0.2, 0.25) is 0 Å². The Bertz CT molecular complexity index is 558. The van der Waals surface area contributed by atoms with Crippen molar-refractivity contribution in [3.05, 3.63) is 11.8 Å². The molecular formula is C12H21N3O4S. The van der Waals surface area contributed by atoms with E-state index < -0.39 is 16.0 Å². The Morgan fingerprint density at radius 1 is 1.45 bits per heavy atom. The average molecular weight is 303 g/mol. The van der Waals surface area contributed by atoms with Crippen LogP contribution in [0.25, 0.3) is 0 Å². The number of methoxy groups -OCH3 is 1. The zero-order valence-electron chi connectivity index (χ0n) is 12.2. The van der Waals surface area contributed by atoms with Crippen LogP contribution in [0.1, 0.15) is 39.3 Å². The molecule has 1 aromatic heterocycles. The fourth-order valence-electron chi connectivity index (χ4n) is 1.48. The van der Waals surface area contributed by atoms with Gasteiger partial charge in [0, 0.05) is 23.6 Å². The molecule has 0 saturated carbocycles. The molecule has 0 atom stereocenters. The molecule has 7 nitrogen and oxygen atoms in total. The Morgan fingerprint density at radius 3 is 2.60 bits per heavy atom. The van der Waals surface area contributed by atoms with Crippen molar-refractivity contribution in [2.45, 2.75) is 39.0 Å². The Balaban J connectivity index is 2.58. The van der Waals surface area contributed by atoms with Gasteiger partial charge in [0.15, 0.2) is 5.82 Å². The summed E-state index contributed by atoms with van der Waals surface area (Å²) in [5.41, 5.74) is 0.700. The van der Waals surface area contributed by atoms with E-state index in [1.807, 2.05) is 20.8 Å². The molecule has 2 N–H and O–H groups in total. The van der Waals surface area contributed by atoms with Crippen LogP contribution in [-0.2, 0) is 25.0 Å². The molecule has 114 valence electrons. The third-order valence-corrected chi connectivity index (χ3v) is 4.01. The molecule has 0 aliphatic rings. The van der Waals surface area contributed by atoms with Crippen LogP contribution in [0.3, 0.4) is 0 Å². The van der Waals surface area contributed by atoms with Gasteiger partial charge in [0.1, 0.15) is 0 Å². The van der Waals surface area contributed by atoms with Crippen molar-refractivity contribution in [1.29, 1.82) is 0 Å². The average Bonchev–Trinajstić information content (AvgIpc) is 2.75. The summed E-state index contributed by atoms with van der Waals surface area (Å²) < 4.78 is 30.5. The third kappa shape index (κ3) is 5.20. The van der Waals surface area contributed by atoms with Crippen molar-refractivity contribution in [3.8, 4) is 0 Å². The van der Waals surface area contributed by atoms with Gasteiger partial charge in [-0.05, 0) is 6.42 Å². The van der Waals surface area contributed by atoms with E-state index in [9.17, 15) is 13.2 Å². The van der Waals surface area contributed by atoms with E-state index in [4.69, 9.17) is 0 Å². The Labute approximate surface area is 119 Å². The lowest BCUT2D eigenvalue weighted by molar-refractivity contribution is -0.140. The number of carbonyl (C=O) groups is 1. The minimum atomic E-state index is -3.51. The van der Waals surface area contributed by atoms with Crippen molar-refractivity contribution >= 4 is 21.8 Å². The summed E-state index contributed by atoms with van der Waals surface area (Å²) >= 11 is 0. The minimum Gasteiger partial charge on any atom is -0.469 e. The number of rotatable bonds is 6. The van der Waals surface area contributed by atoms with Crippen molar-refractivity contribution in [2.75, 3.05) is 17.6 Å². The maximum Gasteiger partial charge on any atom is 0.305 e. The first-order chi connectivity index (χ1) is 9.14. The van der Waals surface area contributed by atoms with Crippen molar-refractivity contribution < 1.29 is 17.9 Å². The highest BCUT2D eigenvalue weighted by atomic mass is 32.2. The molecule has 0 spiro atoms. The van der Waals surface area contributed by atoms with Gasteiger partial charge in [-0.3, -0.25) is 14.6 Å². The first-order valence-corrected chi connectivity index (χ1v) is 7.92. The molecule has 8 heteroatoms. The highest BCUT2D eigenvalue weighted by Crippen LogP contribution is 2.22. The molecule has 0 saturated heterocycles. The molecule has 1 rings (SSSR count). The summed E-state index contributed by atoms with van der Waals surface area (Å²) in [4.78, 5) is 10.9. The minimum absolute atomic E-state index is 0.0746. The maximum absolute atomic E-state index is 11.8. The molecule has 0 amide bonds. The van der Waals surface area contributed by atoms with Crippen LogP contribution >= 0.6 is 0 Å². The molecule has 0 aromatic carbocycles. The smallest absolute Gasteiger partial charge is 0.305 e. The van der Waals surface area contributed by atoms with Gasteiger partial charge in [-0.1, -0.05) is 20.8 Å². The topological polar surface area (TPSA) is 101 Å². The Kier molecular flexibility index (Phi) is 5.15. The number of hydrogen-bond acceptors (Lipinski definition) is 5. The van der Waals surface area contributed by atoms with Crippen molar-refractivity contribution in [1.82, 2.24) is 10.2 Å². The van der Waals surface area contributed by atoms with Gasteiger partial charge >= 0.3 is 5.97 Å². The summed E-state index contributed by atoms with van der Waals surface area (Å²) in [7, 11) is -2.24. The summed E-state index contributed by atoms with van der Waals surface area (Å²) in [5, 5.41) is 6.72. The van der Waals surface area contributed by atoms with E-state index in [0.29, 0.717) is 0 Å². The molecule has 0 aliphatic heterocycles. The molecule has 1 heterocycles.